The minimum absolute atomic E-state index is 0.424. The molecule has 0 fully saturated rings. The first kappa shape index (κ1) is 11.2. The Bertz CT molecular complexity index is 534. The molecular weight excluding hydrogens is 242 g/mol. The molecule has 0 atom stereocenters. The van der Waals surface area contributed by atoms with E-state index >= 15 is 0 Å². The van der Waals surface area contributed by atoms with Crippen molar-refractivity contribution in [3.05, 3.63) is 45.8 Å². The van der Waals surface area contributed by atoms with Crippen molar-refractivity contribution >= 4 is 28.8 Å². The van der Waals surface area contributed by atoms with Crippen molar-refractivity contribution in [2.24, 2.45) is 5.73 Å². The second-order valence-corrected chi connectivity index (χ2v) is 4.79. The molecule has 0 aliphatic rings. The topological polar surface area (TPSA) is 43.1 Å². The summed E-state index contributed by atoms with van der Waals surface area (Å²) in [7, 11) is 0. The van der Waals surface area contributed by atoms with E-state index < -0.39 is 5.91 Å². The Kier molecular flexibility index (Phi) is 2.99. The fourth-order valence-electron chi connectivity index (χ4n) is 1.67. The van der Waals surface area contributed by atoms with Crippen LogP contribution in [0.3, 0.4) is 0 Å². The maximum Gasteiger partial charge on any atom is 0.248 e. The number of thiophene rings is 1. The molecule has 0 saturated carbocycles. The predicted molar refractivity (Wildman–Crippen MR) is 68.0 cm³/mol. The molecule has 16 heavy (non-hydrogen) atoms. The molecule has 0 aliphatic carbocycles. The van der Waals surface area contributed by atoms with Crippen LogP contribution in [-0.4, -0.2) is 5.91 Å². The highest BCUT2D eigenvalue weighted by Crippen LogP contribution is 2.35. The van der Waals surface area contributed by atoms with Crippen molar-refractivity contribution < 1.29 is 4.79 Å². The Balaban J connectivity index is 2.69. The van der Waals surface area contributed by atoms with Gasteiger partial charge < -0.3 is 5.73 Å². The van der Waals surface area contributed by atoms with E-state index in [4.69, 9.17) is 17.3 Å². The highest BCUT2D eigenvalue weighted by atomic mass is 35.5. The lowest BCUT2D eigenvalue weighted by molar-refractivity contribution is 0.1000. The van der Waals surface area contributed by atoms with Gasteiger partial charge in [0, 0.05) is 21.0 Å². The zero-order valence-corrected chi connectivity index (χ0v) is 10.2. The van der Waals surface area contributed by atoms with Crippen molar-refractivity contribution in [1.29, 1.82) is 0 Å². The van der Waals surface area contributed by atoms with E-state index in [0.29, 0.717) is 10.6 Å². The Morgan fingerprint density at radius 2 is 2.12 bits per heavy atom. The van der Waals surface area contributed by atoms with Gasteiger partial charge in [0.2, 0.25) is 5.91 Å². The van der Waals surface area contributed by atoms with Crippen LogP contribution in [0.25, 0.3) is 10.4 Å². The number of hydrogen-bond acceptors (Lipinski definition) is 2. The number of benzene rings is 1. The van der Waals surface area contributed by atoms with Crippen LogP contribution in [-0.2, 0) is 0 Å². The fourth-order valence-corrected chi connectivity index (χ4v) is 2.87. The van der Waals surface area contributed by atoms with Gasteiger partial charge >= 0.3 is 0 Å². The van der Waals surface area contributed by atoms with Crippen molar-refractivity contribution in [3.63, 3.8) is 0 Å². The SMILES string of the molecule is Cc1c(C(N)=O)ccc(Cl)c1-c1cccs1. The van der Waals surface area contributed by atoms with Crippen LogP contribution in [0.2, 0.25) is 5.02 Å². The third-order valence-electron chi connectivity index (χ3n) is 2.45. The number of nitrogens with two attached hydrogens (primary N) is 1. The number of carbonyl (C=O) groups excluding carboxylic acids is 1. The Morgan fingerprint density at radius 1 is 1.38 bits per heavy atom. The van der Waals surface area contributed by atoms with Gasteiger partial charge in [-0.3, -0.25) is 4.79 Å². The van der Waals surface area contributed by atoms with Crippen molar-refractivity contribution in [2.75, 3.05) is 0 Å². The summed E-state index contributed by atoms with van der Waals surface area (Å²) >= 11 is 7.74. The van der Waals surface area contributed by atoms with E-state index in [1.165, 1.54) is 0 Å². The van der Waals surface area contributed by atoms with Gasteiger partial charge in [0.25, 0.3) is 0 Å². The van der Waals surface area contributed by atoms with E-state index in [1.807, 2.05) is 24.4 Å². The molecule has 4 heteroatoms. The summed E-state index contributed by atoms with van der Waals surface area (Å²) in [6.45, 7) is 1.86. The molecule has 0 bridgehead atoms. The second kappa shape index (κ2) is 4.28. The second-order valence-electron chi connectivity index (χ2n) is 3.44. The van der Waals surface area contributed by atoms with Crippen LogP contribution >= 0.6 is 22.9 Å². The molecule has 0 aliphatic heterocycles. The molecule has 0 unspecified atom stereocenters. The Hall–Kier alpha value is -1.32. The lowest BCUT2D eigenvalue weighted by Gasteiger charge is -2.09. The van der Waals surface area contributed by atoms with E-state index in [1.54, 1.807) is 23.5 Å². The normalized spacial score (nSPS) is 10.4. The molecular formula is C12H10ClNOS. The summed E-state index contributed by atoms with van der Waals surface area (Å²) in [6, 6.07) is 7.30. The third kappa shape index (κ3) is 1.84. The van der Waals surface area contributed by atoms with Gasteiger partial charge in [0.05, 0.1) is 0 Å². The van der Waals surface area contributed by atoms with Crippen molar-refractivity contribution in [2.45, 2.75) is 6.92 Å². The minimum Gasteiger partial charge on any atom is -0.366 e. The Labute approximate surface area is 103 Å². The van der Waals surface area contributed by atoms with Gasteiger partial charge in [-0.2, -0.15) is 0 Å². The number of rotatable bonds is 2. The van der Waals surface area contributed by atoms with E-state index in [-0.39, 0.29) is 0 Å². The molecule has 0 saturated heterocycles. The van der Waals surface area contributed by atoms with Gasteiger partial charge in [0.1, 0.15) is 0 Å². The maximum absolute atomic E-state index is 11.2. The van der Waals surface area contributed by atoms with E-state index in [9.17, 15) is 4.79 Å². The minimum atomic E-state index is -0.424. The molecule has 0 radical (unpaired) electrons. The molecule has 2 N–H and O–H groups in total. The van der Waals surface area contributed by atoms with E-state index in [2.05, 4.69) is 0 Å². The highest BCUT2D eigenvalue weighted by molar-refractivity contribution is 7.13. The first-order chi connectivity index (χ1) is 7.61. The molecule has 2 rings (SSSR count). The first-order valence-corrected chi connectivity index (χ1v) is 6.00. The highest BCUT2D eigenvalue weighted by Gasteiger charge is 2.14. The van der Waals surface area contributed by atoms with Crippen molar-refractivity contribution in [1.82, 2.24) is 0 Å². The summed E-state index contributed by atoms with van der Waals surface area (Å²) in [6.07, 6.45) is 0. The molecule has 2 aromatic rings. The number of hydrogen-bond donors (Lipinski definition) is 1. The molecule has 2 nitrogen and oxygen atoms in total. The molecule has 82 valence electrons. The van der Waals surface area contributed by atoms with Crippen LogP contribution in [0.4, 0.5) is 0 Å². The lowest BCUT2D eigenvalue weighted by atomic mass is 10.0. The third-order valence-corrected chi connectivity index (χ3v) is 3.65. The molecule has 1 amide bonds. The average Bonchev–Trinajstić information content (AvgIpc) is 2.70. The Morgan fingerprint density at radius 3 is 2.69 bits per heavy atom. The summed E-state index contributed by atoms with van der Waals surface area (Å²) in [4.78, 5) is 12.3. The smallest absolute Gasteiger partial charge is 0.248 e. The average molecular weight is 252 g/mol. The summed E-state index contributed by atoms with van der Waals surface area (Å²) in [5.41, 5.74) is 7.56. The zero-order chi connectivity index (χ0) is 11.7. The number of primary amides is 1. The zero-order valence-electron chi connectivity index (χ0n) is 8.66. The van der Waals surface area contributed by atoms with Crippen LogP contribution < -0.4 is 5.73 Å². The number of halogens is 1. The summed E-state index contributed by atoms with van der Waals surface area (Å²) in [5, 5.41) is 2.62. The predicted octanol–water partition coefficient (Wildman–Crippen LogP) is 3.48. The van der Waals surface area contributed by atoms with Crippen LogP contribution in [0, 0.1) is 6.92 Å². The lowest BCUT2D eigenvalue weighted by Crippen LogP contribution is -2.13. The van der Waals surface area contributed by atoms with Crippen molar-refractivity contribution in [3.8, 4) is 10.4 Å². The largest absolute Gasteiger partial charge is 0.366 e. The maximum atomic E-state index is 11.2. The standard InChI is InChI=1S/C12H10ClNOS/c1-7-8(12(14)15)4-5-9(13)11(7)10-3-2-6-16-10/h2-6H,1H3,(H2,14,15). The van der Waals surface area contributed by atoms with Gasteiger partial charge in [-0.1, -0.05) is 17.7 Å². The molecule has 0 spiro atoms. The van der Waals surface area contributed by atoms with Crippen LogP contribution in [0.5, 0.6) is 0 Å². The number of amides is 1. The first-order valence-electron chi connectivity index (χ1n) is 4.74. The molecule has 1 heterocycles. The molecule has 1 aromatic carbocycles. The van der Waals surface area contributed by atoms with E-state index in [0.717, 1.165) is 16.0 Å². The monoisotopic (exact) mass is 251 g/mol. The van der Waals surface area contributed by atoms with Crippen LogP contribution in [0.1, 0.15) is 15.9 Å². The van der Waals surface area contributed by atoms with Gasteiger partial charge in [0.15, 0.2) is 0 Å². The summed E-state index contributed by atoms with van der Waals surface area (Å²) < 4.78 is 0. The molecule has 1 aromatic heterocycles. The van der Waals surface area contributed by atoms with Crippen LogP contribution in [0.15, 0.2) is 29.6 Å². The quantitative estimate of drug-likeness (QED) is 0.873. The van der Waals surface area contributed by atoms with Gasteiger partial charge in [-0.25, -0.2) is 0 Å². The van der Waals surface area contributed by atoms with Gasteiger partial charge in [-0.15, -0.1) is 11.3 Å². The fraction of sp³-hybridized carbons (Fsp3) is 0.0833. The number of carbonyl (C=O) groups is 1. The summed E-state index contributed by atoms with van der Waals surface area (Å²) in [5.74, 6) is -0.424. The van der Waals surface area contributed by atoms with Gasteiger partial charge in [-0.05, 0) is 36.1 Å².